The van der Waals surface area contributed by atoms with Gasteiger partial charge in [0.05, 0.1) is 21.8 Å². The van der Waals surface area contributed by atoms with E-state index in [4.69, 9.17) is 23.2 Å². The maximum atomic E-state index is 12.8. The SMILES string of the molecule is Cc1c(CC2CCC2)cnn(-c2c(Cl)cc(C(F)(F)F)cc2Cl)c1=O. The lowest BCUT2D eigenvalue weighted by atomic mass is 9.81. The van der Waals surface area contributed by atoms with Gasteiger partial charge in [-0.25, -0.2) is 0 Å². The van der Waals surface area contributed by atoms with Gasteiger partial charge in [0.15, 0.2) is 0 Å². The van der Waals surface area contributed by atoms with Crippen molar-refractivity contribution in [1.29, 1.82) is 0 Å². The second-order valence-corrected chi connectivity index (χ2v) is 7.11. The van der Waals surface area contributed by atoms with Crippen LogP contribution in [0.2, 0.25) is 10.0 Å². The van der Waals surface area contributed by atoms with Crippen molar-refractivity contribution < 1.29 is 13.2 Å². The summed E-state index contributed by atoms with van der Waals surface area (Å²) >= 11 is 11.9. The fraction of sp³-hybridized carbons (Fsp3) is 0.412. The summed E-state index contributed by atoms with van der Waals surface area (Å²) in [6.45, 7) is 1.68. The van der Waals surface area contributed by atoms with E-state index in [0.29, 0.717) is 11.5 Å². The van der Waals surface area contributed by atoms with E-state index in [9.17, 15) is 18.0 Å². The van der Waals surface area contributed by atoms with E-state index < -0.39 is 17.3 Å². The molecule has 1 aromatic carbocycles. The summed E-state index contributed by atoms with van der Waals surface area (Å²) in [6.07, 6.45) is 1.25. The van der Waals surface area contributed by atoms with Crippen molar-refractivity contribution in [3.63, 3.8) is 0 Å². The highest BCUT2D eigenvalue weighted by molar-refractivity contribution is 6.37. The number of halogens is 5. The zero-order valence-corrected chi connectivity index (χ0v) is 14.8. The minimum absolute atomic E-state index is 0.0420. The Labute approximate surface area is 152 Å². The quantitative estimate of drug-likeness (QED) is 0.720. The van der Waals surface area contributed by atoms with Gasteiger partial charge >= 0.3 is 6.18 Å². The summed E-state index contributed by atoms with van der Waals surface area (Å²) in [4.78, 5) is 12.6. The third kappa shape index (κ3) is 3.55. The summed E-state index contributed by atoms with van der Waals surface area (Å²) in [6, 6.07) is 1.49. The number of alkyl halides is 3. The molecule has 0 bridgehead atoms. The Kier molecular flexibility index (Phi) is 4.86. The molecule has 1 aromatic heterocycles. The fourth-order valence-electron chi connectivity index (χ4n) is 2.88. The Morgan fingerprint density at radius 2 is 1.84 bits per heavy atom. The molecule has 0 spiro atoms. The summed E-state index contributed by atoms with van der Waals surface area (Å²) in [5.41, 5.74) is -0.0864. The fourth-order valence-corrected chi connectivity index (χ4v) is 3.52. The van der Waals surface area contributed by atoms with E-state index in [2.05, 4.69) is 5.10 Å². The largest absolute Gasteiger partial charge is 0.416 e. The highest BCUT2D eigenvalue weighted by atomic mass is 35.5. The van der Waals surface area contributed by atoms with Crippen LogP contribution in [-0.2, 0) is 12.6 Å². The van der Waals surface area contributed by atoms with Gasteiger partial charge in [-0.3, -0.25) is 4.79 Å². The van der Waals surface area contributed by atoms with Crippen molar-refractivity contribution in [2.45, 2.75) is 38.8 Å². The van der Waals surface area contributed by atoms with Crippen LogP contribution in [0.1, 0.15) is 36.0 Å². The maximum Gasteiger partial charge on any atom is 0.416 e. The molecule has 1 aliphatic rings. The minimum atomic E-state index is -4.58. The lowest BCUT2D eigenvalue weighted by Gasteiger charge is -2.25. The Morgan fingerprint density at radius 1 is 1.24 bits per heavy atom. The third-order valence-corrected chi connectivity index (χ3v) is 5.19. The number of benzene rings is 1. The van der Waals surface area contributed by atoms with Gasteiger partial charge in [-0.2, -0.15) is 23.0 Å². The van der Waals surface area contributed by atoms with Gasteiger partial charge in [0, 0.05) is 5.56 Å². The molecule has 0 unspecified atom stereocenters. The van der Waals surface area contributed by atoms with E-state index >= 15 is 0 Å². The van der Waals surface area contributed by atoms with E-state index in [1.54, 1.807) is 13.1 Å². The van der Waals surface area contributed by atoms with Crippen molar-refractivity contribution >= 4 is 23.2 Å². The van der Waals surface area contributed by atoms with Crippen molar-refractivity contribution in [1.82, 2.24) is 9.78 Å². The first-order valence-electron chi connectivity index (χ1n) is 7.83. The number of hydrogen-bond donors (Lipinski definition) is 0. The van der Waals surface area contributed by atoms with E-state index in [1.165, 1.54) is 6.42 Å². The Hall–Kier alpha value is -1.53. The molecule has 134 valence electrons. The van der Waals surface area contributed by atoms with Crippen LogP contribution in [-0.4, -0.2) is 9.78 Å². The molecule has 25 heavy (non-hydrogen) atoms. The first kappa shape index (κ1) is 18.3. The molecule has 0 atom stereocenters. The van der Waals surface area contributed by atoms with Crippen molar-refractivity contribution in [3.8, 4) is 5.69 Å². The first-order valence-corrected chi connectivity index (χ1v) is 8.58. The predicted molar refractivity (Wildman–Crippen MR) is 90.6 cm³/mol. The Morgan fingerprint density at radius 3 is 2.32 bits per heavy atom. The topological polar surface area (TPSA) is 34.9 Å². The molecule has 0 saturated heterocycles. The zero-order valence-electron chi connectivity index (χ0n) is 13.3. The smallest absolute Gasteiger partial charge is 0.267 e. The Bertz CT molecular complexity index is 850. The van der Waals surface area contributed by atoms with Crippen LogP contribution in [0.5, 0.6) is 0 Å². The summed E-state index contributed by atoms with van der Waals surface area (Å²) in [5.74, 6) is 0.564. The molecule has 1 aliphatic carbocycles. The average Bonchev–Trinajstić information content (AvgIpc) is 2.47. The summed E-state index contributed by atoms with van der Waals surface area (Å²) < 4.78 is 39.5. The van der Waals surface area contributed by atoms with Crippen LogP contribution >= 0.6 is 23.2 Å². The maximum absolute atomic E-state index is 12.8. The molecule has 0 amide bonds. The monoisotopic (exact) mass is 390 g/mol. The highest BCUT2D eigenvalue weighted by Gasteiger charge is 2.32. The second kappa shape index (κ2) is 6.65. The lowest BCUT2D eigenvalue weighted by Crippen LogP contribution is -2.27. The van der Waals surface area contributed by atoms with Gasteiger partial charge in [0.1, 0.15) is 5.69 Å². The normalized spacial score (nSPS) is 15.3. The van der Waals surface area contributed by atoms with E-state index in [1.807, 2.05) is 0 Å². The first-order chi connectivity index (χ1) is 11.7. The van der Waals surface area contributed by atoms with Crippen LogP contribution < -0.4 is 5.56 Å². The van der Waals surface area contributed by atoms with Gasteiger partial charge < -0.3 is 0 Å². The molecule has 8 heteroatoms. The van der Waals surface area contributed by atoms with Crippen molar-refractivity contribution in [3.05, 3.63) is 55.4 Å². The van der Waals surface area contributed by atoms with Gasteiger partial charge in [0.25, 0.3) is 5.56 Å². The number of rotatable bonds is 3. The molecule has 1 saturated carbocycles. The molecule has 1 heterocycles. The van der Waals surface area contributed by atoms with Crippen molar-refractivity contribution in [2.75, 3.05) is 0 Å². The number of aromatic nitrogens is 2. The molecular formula is C17H15Cl2F3N2O. The molecule has 3 nitrogen and oxygen atoms in total. The van der Waals surface area contributed by atoms with Gasteiger partial charge in [-0.15, -0.1) is 0 Å². The average molecular weight is 391 g/mol. The van der Waals surface area contributed by atoms with Crippen LogP contribution in [0.15, 0.2) is 23.1 Å². The standard InChI is InChI=1S/C17H15Cl2F3N2O/c1-9-11(5-10-3-2-4-10)8-23-24(16(9)25)15-13(18)6-12(7-14(15)19)17(20,21)22/h6-8,10H,2-5H2,1H3. The van der Waals surface area contributed by atoms with Crippen LogP contribution in [0, 0.1) is 12.8 Å². The van der Waals surface area contributed by atoms with Crippen LogP contribution in [0.3, 0.4) is 0 Å². The molecule has 0 radical (unpaired) electrons. The minimum Gasteiger partial charge on any atom is -0.267 e. The third-order valence-electron chi connectivity index (χ3n) is 4.61. The van der Waals surface area contributed by atoms with Gasteiger partial charge in [0.2, 0.25) is 0 Å². The molecule has 3 rings (SSSR count). The predicted octanol–water partition coefficient (Wildman–Crippen LogP) is 5.21. The number of nitrogens with zero attached hydrogens (tertiary/aromatic N) is 2. The molecule has 0 aliphatic heterocycles. The molecular weight excluding hydrogens is 376 g/mol. The van der Waals surface area contributed by atoms with Gasteiger partial charge in [-0.1, -0.05) is 42.5 Å². The molecule has 2 aromatic rings. The second-order valence-electron chi connectivity index (χ2n) is 6.30. The van der Waals surface area contributed by atoms with E-state index in [-0.39, 0.29) is 15.7 Å². The molecule has 0 N–H and O–H groups in total. The zero-order chi connectivity index (χ0) is 18.4. The summed E-state index contributed by atoms with van der Waals surface area (Å²) in [7, 11) is 0. The summed E-state index contributed by atoms with van der Waals surface area (Å²) in [5, 5.41) is 3.53. The van der Waals surface area contributed by atoms with Gasteiger partial charge in [-0.05, 0) is 37.0 Å². The Balaban J connectivity index is 2.05. The number of hydrogen-bond acceptors (Lipinski definition) is 2. The van der Waals surface area contributed by atoms with E-state index in [0.717, 1.165) is 41.6 Å². The molecule has 1 fully saturated rings. The highest BCUT2D eigenvalue weighted by Crippen LogP contribution is 2.37. The lowest BCUT2D eigenvalue weighted by molar-refractivity contribution is -0.137. The van der Waals surface area contributed by atoms with Crippen LogP contribution in [0.25, 0.3) is 5.69 Å². The van der Waals surface area contributed by atoms with Crippen LogP contribution in [0.4, 0.5) is 13.2 Å². The van der Waals surface area contributed by atoms with Crippen molar-refractivity contribution in [2.24, 2.45) is 5.92 Å².